The second kappa shape index (κ2) is 8.58. The van der Waals surface area contributed by atoms with Gasteiger partial charge < -0.3 is 9.80 Å². The third kappa shape index (κ3) is 4.37. The number of piperazine rings is 1. The van der Waals surface area contributed by atoms with Gasteiger partial charge in [0, 0.05) is 49.9 Å². The van der Waals surface area contributed by atoms with Crippen LogP contribution in [0.2, 0.25) is 5.02 Å². The van der Waals surface area contributed by atoms with Crippen molar-refractivity contribution in [2.45, 2.75) is 46.2 Å². The van der Waals surface area contributed by atoms with Gasteiger partial charge in [0.25, 0.3) is 5.56 Å². The molecule has 0 atom stereocenters. The highest BCUT2D eigenvalue weighted by molar-refractivity contribution is 6.30. The minimum absolute atomic E-state index is 0.0486. The van der Waals surface area contributed by atoms with Crippen LogP contribution in [0.5, 0.6) is 0 Å². The summed E-state index contributed by atoms with van der Waals surface area (Å²) >= 11 is 6.10. The molecule has 0 aliphatic carbocycles. The van der Waals surface area contributed by atoms with Gasteiger partial charge >= 0.3 is 0 Å². The zero-order chi connectivity index (χ0) is 23.0. The van der Waals surface area contributed by atoms with Gasteiger partial charge in [-0.25, -0.2) is 9.67 Å². The number of carbonyl (C=O) groups excluding carboxylic acids is 1. The zero-order valence-electron chi connectivity index (χ0n) is 19.0. The van der Waals surface area contributed by atoms with Crippen LogP contribution in [-0.2, 0) is 16.9 Å². The van der Waals surface area contributed by atoms with E-state index in [-0.39, 0.29) is 23.4 Å². The Kier molecular flexibility index (Phi) is 5.99. The van der Waals surface area contributed by atoms with E-state index in [0.717, 1.165) is 18.8 Å². The van der Waals surface area contributed by atoms with Crippen LogP contribution in [0.15, 0.2) is 35.3 Å². The fourth-order valence-electron chi connectivity index (χ4n) is 4.11. The van der Waals surface area contributed by atoms with Gasteiger partial charge in [-0.05, 0) is 45.9 Å². The molecule has 2 aromatic heterocycles. The summed E-state index contributed by atoms with van der Waals surface area (Å²) in [5.74, 6) is 0.639. The summed E-state index contributed by atoms with van der Waals surface area (Å²) in [6.45, 7) is 11.0. The molecule has 0 saturated carbocycles. The lowest BCUT2D eigenvalue weighted by Crippen LogP contribution is -2.49. The number of fused-ring (bicyclic) bond motifs is 1. The Morgan fingerprint density at radius 1 is 1.16 bits per heavy atom. The van der Waals surface area contributed by atoms with Crippen molar-refractivity contribution in [2.75, 3.05) is 31.1 Å². The van der Waals surface area contributed by atoms with Crippen molar-refractivity contribution in [3.05, 3.63) is 51.7 Å². The van der Waals surface area contributed by atoms with Crippen molar-refractivity contribution in [3.63, 3.8) is 0 Å². The Labute approximate surface area is 192 Å². The van der Waals surface area contributed by atoms with Crippen LogP contribution in [0.3, 0.4) is 0 Å². The molecule has 32 heavy (non-hydrogen) atoms. The number of hydrogen-bond donors (Lipinski definition) is 0. The minimum Gasteiger partial charge on any atom is -0.368 e. The molecule has 0 bridgehead atoms. The topological polar surface area (TPSA) is 76.3 Å². The number of anilines is 1. The second-order valence-corrected chi connectivity index (χ2v) is 9.61. The number of hydrogen-bond acceptors (Lipinski definition) is 5. The zero-order valence-corrected chi connectivity index (χ0v) is 19.8. The molecule has 3 aromatic rings. The minimum atomic E-state index is -0.275. The first-order valence-electron chi connectivity index (χ1n) is 10.9. The first-order chi connectivity index (χ1) is 15.1. The summed E-state index contributed by atoms with van der Waals surface area (Å²) in [6, 6.07) is 7.77. The molecule has 9 heteroatoms. The maximum atomic E-state index is 13.0. The van der Waals surface area contributed by atoms with Crippen molar-refractivity contribution in [3.8, 4) is 0 Å². The first-order valence-corrected chi connectivity index (χ1v) is 11.3. The summed E-state index contributed by atoms with van der Waals surface area (Å²) in [5, 5.41) is 5.56. The van der Waals surface area contributed by atoms with Gasteiger partial charge in [0.2, 0.25) is 5.91 Å². The van der Waals surface area contributed by atoms with E-state index >= 15 is 0 Å². The average molecular weight is 457 g/mol. The molecule has 1 fully saturated rings. The van der Waals surface area contributed by atoms with E-state index in [1.165, 1.54) is 0 Å². The Balaban J connectivity index is 1.42. The van der Waals surface area contributed by atoms with Crippen molar-refractivity contribution >= 4 is 34.2 Å². The SMILES string of the molecule is Cc1nc2c(cnn2C(C)(C)C)c(=O)n1CCC(=O)N1CCN(c2cccc(Cl)c2)CC1. The quantitative estimate of drug-likeness (QED) is 0.603. The second-order valence-electron chi connectivity index (χ2n) is 9.18. The van der Waals surface area contributed by atoms with Crippen LogP contribution in [-0.4, -0.2) is 56.3 Å². The van der Waals surface area contributed by atoms with Gasteiger partial charge in [0.1, 0.15) is 11.2 Å². The third-order valence-electron chi connectivity index (χ3n) is 5.87. The van der Waals surface area contributed by atoms with E-state index < -0.39 is 0 Å². The predicted molar refractivity (Wildman–Crippen MR) is 126 cm³/mol. The standard InChI is InChI=1S/C23H29ClN6O2/c1-16-26-21-19(15-25-30(21)23(2,3)4)22(32)29(16)9-8-20(31)28-12-10-27(11-13-28)18-7-5-6-17(24)14-18/h5-7,14-15H,8-13H2,1-4H3. The number of nitrogens with zero attached hydrogens (tertiary/aromatic N) is 6. The van der Waals surface area contributed by atoms with Crippen LogP contribution >= 0.6 is 11.6 Å². The van der Waals surface area contributed by atoms with Crippen molar-refractivity contribution in [2.24, 2.45) is 0 Å². The van der Waals surface area contributed by atoms with Gasteiger partial charge in [-0.1, -0.05) is 17.7 Å². The maximum Gasteiger partial charge on any atom is 0.264 e. The lowest BCUT2D eigenvalue weighted by molar-refractivity contribution is -0.131. The highest BCUT2D eigenvalue weighted by Gasteiger charge is 2.23. The molecule has 1 saturated heterocycles. The number of carbonyl (C=O) groups is 1. The molecule has 4 rings (SSSR count). The highest BCUT2D eigenvalue weighted by Crippen LogP contribution is 2.21. The highest BCUT2D eigenvalue weighted by atomic mass is 35.5. The third-order valence-corrected chi connectivity index (χ3v) is 6.10. The maximum absolute atomic E-state index is 13.0. The lowest BCUT2D eigenvalue weighted by atomic mass is 10.1. The molecule has 0 spiro atoms. The largest absolute Gasteiger partial charge is 0.368 e. The van der Waals surface area contributed by atoms with E-state index in [9.17, 15) is 9.59 Å². The predicted octanol–water partition coefficient (Wildman–Crippen LogP) is 3.05. The Bertz CT molecular complexity index is 1200. The van der Waals surface area contributed by atoms with Crippen molar-refractivity contribution in [1.82, 2.24) is 24.2 Å². The fraction of sp³-hybridized carbons (Fsp3) is 0.478. The molecule has 8 nitrogen and oxygen atoms in total. The fourth-order valence-corrected chi connectivity index (χ4v) is 4.30. The van der Waals surface area contributed by atoms with Crippen LogP contribution in [0.1, 0.15) is 33.0 Å². The van der Waals surface area contributed by atoms with Gasteiger partial charge in [0.05, 0.1) is 11.7 Å². The smallest absolute Gasteiger partial charge is 0.264 e. The van der Waals surface area contributed by atoms with Crippen molar-refractivity contribution < 1.29 is 4.79 Å². The number of benzene rings is 1. The Morgan fingerprint density at radius 3 is 2.53 bits per heavy atom. The summed E-state index contributed by atoms with van der Waals surface area (Å²) in [5.41, 5.74) is 1.23. The van der Waals surface area contributed by atoms with E-state index in [1.54, 1.807) is 22.4 Å². The summed E-state index contributed by atoms with van der Waals surface area (Å²) < 4.78 is 3.35. The van der Waals surface area contributed by atoms with E-state index in [2.05, 4.69) is 15.0 Å². The van der Waals surface area contributed by atoms with E-state index in [1.807, 2.05) is 49.9 Å². The number of halogens is 1. The van der Waals surface area contributed by atoms with E-state index in [0.29, 0.717) is 41.5 Å². The number of rotatable bonds is 4. The first kappa shape index (κ1) is 22.3. The van der Waals surface area contributed by atoms with Crippen LogP contribution in [0.25, 0.3) is 11.0 Å². The molecule has 3 heterocycles. The molecule has 1 amide bonds. The number of amides is 1. The van der Waals surface area contributed by atoms with E-state index in [4.69, 9.17) is 11.6 Å². The van der Waals surface area contributed by atoms with Gasteiger partial charge in [0.15, 0.2) is 5.65 Å². The number of aromatic nitrogens is 4. The molecule has 170 valence electrons. The molecule has 0 radical (unpaired) electrons. The molecule has 0 N–H and O–H groups in total. The summed E-state index contributed by atoms with van der Waals surface area (Å²) in [6.07, 6.45) is 1.83. The van der Waals surface area contributed by atoms with Crippen LogP contribution < -0.4 is 10.5 Å². The summed E-state index contributed by atoms with van der Waals surface area (Å²) in [4.78, 5) is 34.6. The van der Waals surface area contributed by atoms with Gasteiger partial charge in [-0.3, -0.25) is 14.2 Å². The lowest BCUT2D eigenvalue weighted by Gasteiger charge is -2.36. The normalized spacial score (nSPS) is 14.9. The summed E-state index contributed by atoms with van der Waals surface area (Å²) in [7, 11) is 0. The Morgan fingerprint density at radius 2 is 1.88 bits per heavy atom. The molecule has 1 aromatic carbocycles. The van der Waals surface area contributed by atoms with Crippen molar-refractivity contribution in [1.29, 1.82) is 0 Å². The molecule has 1 aliphatic heterocycles. The average Bonchev–Trinajstić information content (AvgIpc) is 3.18. The van der Waals surface area contributed by atoms with Gasteiger partial charge in [-0.15, -0.1) is 0 Å². The monoisotopic (exact) mass is 456 g/mol. The van der Waals surface area contributed by atoms with Crippen LogP contribution in [0.4, 0.5) is 5.69 Å². The molecular weight excluding hydrogens is 428 g/mol. The Hall–Kier alpha value is -2.87. The number of aryl methyl sites for hydroxylation is 1. The molecule has 0 unspecified atom stereocenters. The molecular formula is C23H29ClN6O2. The molecule has 1 aliphatic rings. The van der Waals surface area contributed by atoms with Gasteiger partial charge in [-0.2, -0.15) is 5.10 Å². The van der Waals surface area contributed by atoms with Crippen LogP contribution in [0, 0.1) is 6.92 Å².